The summed E-state index contributed by atoms with van der Waals surface area (Å²) >= 11 is 5.99. The summed E-state index contributed by atoms with van der Waals surface area (Å²) in [4.78, 5) is 26.1. The molecule has 0 spiro atoms. The second kappa shape index (κ2) is 10.1. The molecule has 1 saturated carbocycles. The number of carbonyl (C=O) groups is 2. The van der Waals surface area contributed by atoms with Gasteiger partial charge in [-0.15, -0.1) is 0 Å². The summed E-state index contributed by atoms with van der Waals surface area (Å²) in [5.41, 5.74) is 2.10. The molecule has 4 rings (SSSR count). The van der Waals surface area contributed by atoms with E-state index in [0.29, 0.717) is 27.7 Å². The average molecular weight is 463 g/mol. The maximum Gasteiger partial charge on any atom is 0.255 e. The topological polar surface area (TPSA) is 67.4 Å². The Morgan fingerprint density at radius 3 is 2.33 bits per heavy atom. The number of nitrogens with one attached hydrogen (secondary N) is 2. The molecule has 6 heteroatoms. The zero-order valence-electron chi connectivity index (χ0n) is 18.6. The van der Waals surface area contributed by atoms with Crippen molar-refractivity contribution in [2.45, 2.75) is 37.5 Å². The molecule has 3 aromatic rings. The van der Waals surface area contributed by atoms with Gasteiger partial charge in [0.2, 0.25) is 5.91 Å². The van der Waals surface area contributed by atoms with Gasteiger partial charge >= 0.3 is 0 Å². The Hall–Kier alpha value is -3.31. The van der Waals surface area contributed by atoms with Crippen molar-refractivity contribution in [1.29, 1.82) is 0 Å². The fraction of sp³-hybridized carbons (Fsp3) is 0.259. The molecule has 0 atom stereocenters. The van der Waals surface area contributed by atoms with Crippen LogP contribution in [-0.2, 0) is 10.2 Å². The molecule has 0 aromatic heterocycles. The number of ether oxygens (including phenoxy) is 1. The molecule has 0 heterocycles. The van der Waals surface area contributed by atoms with Gasteiger partial charge in [0.25, 0.3) is 5.91 Å². The second-order valence-electron chi connectivity index (χ2n) is 8.34. The molecular formula is C27H27ClN2O3. The van der Waals surface area contributed by atoms with E-state index in [4.69, 9.17) is 16.3 Å². The molecule has 1 aliphatic carbocycles. The van der Waals surface area contributed by atoms with E-state index < -0.39 is 5.41 Å². The molecule has 33 heavy (non-hydrogen) atoms. The van der Waals surface area contributed by atoms with Crippen molar-refractivity contribution in [3.05, 3.63) is 88.9 Å². The number of amides is 2. The number of hydrogen-bond acceptors (Lipinski definition) is 3. The molecule has 0 aliphatic heterocycles. The molecule has 1 aliphatic rings. The zero-order valence-corrected chi connectivity index (χ0v) is 19.3. The van der Waals surface area contributed by atoms with Gasteiger partial charge in [0.15, 0.2) is 0 Å². The maximum absolute atomic E-state index is 13.5. The summed E-state index contributed by atoms with van der Waals surface area (Å²) in [5.74, 6) is 0.157. The lowest BCUT2D eigenvalue weighted by atomic mass is 9.68. The third-order valence-corrected chi connectivity index (χ3v) is 6.50. The minimum atomic E-state index is -0.536. The first-order chi connectivity index (χ1) is 16.0. The quantitative estimate of drug-likeness (QED) is 0.442. The van der Waals surface area contributed by atoms with Crippen LogP contribution in [0.1, 0.15) is 48.0 Å². The predicted molar refractivity (Wildman–Crippen MR) is 132 cm³/mol. The summed E-state index contributed by atoms with van der Waals surface area (Å²) < 4.78 is 5.49. The Morgan fingerprint density at radius 2 is 1.64 bits per heavy atom. The van der Waals surface area contributed by atoms with Gasteiger partial charge in [-0.3, -0.25) is 9.59 Å². The van der Waals surface area contributed by atoms with Gasteiger partial charge < -0.3 is 15.4 Å². The van der Waals surface area contributed by atoms with E-state index in [1.54, 1.807) is 42.5 Å². The molecule has 170 valence electrons. The van der Waals surface area contributed by atoms with Gasteiger partial charge in [-0.05, 0) is 48.7 Å². The largest absolute Gasteiger partial charge is 0.494 e. The molecule has 5 nitrogen and oxygen atoms in total. The minimum absolute atomic E-state index is 0.00818. The van der Waals surface area contributed by atoms with E-state index in [0.717, 1.165) is 37.7 Å². The van der Waals surface area contributed by atoms with Gasteiger partial charge in [-0.25, -0.2) is 0 Å². The summed E-state index contributed by atoms with van der Waals surface area (Å²) in [6, 6.07) is 22.0. The minimum Gasteiger partial charge on any atom is -0.494 e. The zero-order chi connectivity index (χ0) is 23.3. The first kappa shape index (κ1) is 22.9. The average Bonchev–Trinajstić information content (AvgIpc) is 2.85. The highest BCUT2D eigenvalue weighted by Gasteiger charge is 2.41. The SMILES string of the molecule is COc1cc(NC(=O)C2(c3ccccc3)CCCCC2)ccc1NC(=O)c1cccc(Cl)c1. The standard InChI is InChI=1S/C27H27ClN2O3/c1-33-24-18-22(13-14-23(24)30-25(31)19-9-8-12-21(28)17-19)29-26(32)27(15-6-3-7-16-27)20-10-4-2-5-11-20/h2,4-5,8-14,17-18H,3,6-7,15-16H2,1H3,(H,29,32)(H,30,31). The maximum atomic E-state index is 13.5. The lowest BCUT2D eigenvalue weighted by molar-refractivity contribution is -0.122. The first-order valence-corrected chi connectivity index (χ1v) is 11.5. The fourth-order valence-electron chi connectivity index (χ4n) is 4.51. The molecule has 3 aromatic carbocycles. The van der Waals surface area contributed by atoms with Gasteiger partial charge in [-0.1, -0.05) is 67.3 Å². The van der Waals surface area contributed by atoms with Crippen molar-refractivity contribution in [2.75, 3.05) is 17.7 Å². The van der Waals surface area contributed by atoms with E-state index in [9.17, 15) is 9.59 Å². The van der Waals surface area contributed by atoms with Gasteiger partial charge in [0, 0.05) is 22.3 Å². The number of benzene rings is 3. The van der Waals surface area contributed by atoms with Crippen LogP contribution in [0.3, 0.4) is 0 Å². The molecular weight excluding hydrogens is 436 g/mol. The van der Waals surface area contributed by atoms with Crippen LogP contribution in [0.2, 0.25) is 5.02 Å². The van der Waals surface area contributed by atoms with Crippen LogP contribution in [0.25, 0.3) is 0 Å². The summed E-state index contributed by atoms with van der Waals surface area (Å²) in [6.07, 6.45) is 4.86. The van der Waals surface area contributed by atoms with E-state index in [1.165, 1.54) is 7.11 Å². The molecule has 2 N–H and O–H groups in total. The number of hydrogen-bond donors (Lipinski definition) is 2. The Morgan fingerprint density at radius 1 is 0.879 bits per heavy atom. The molecule has 1 fully saturated rings. The second-order valence-corrected chi connectivity index (χ2v) is 8.78. The fourth-order valence-corrected chi connectivity index (χ4v) is 4.70. The third kappa shape index (κ3) is 5.04. The summed E-state index contributed by atoms with van der Waals surface area (Å²) in [6.45, 7) is 0. The Balaban J connectivity index is 1.54. The molecule has 0 unspecified atom stereocenters. The lowest BCUT2D eigenvalue weighted by Crippen LogP contribution is -2.42. The van der Waals surface area contributed by atoms with Crippen LogP contribution < -0.4 is 15.4 Å². The number of rotatable bonds is 6. The number of carbonyl (C=O) groups excluding carboxylic acids is 2. The smallest absolute Gasteiger partial charge is 0.255 e. The van der Waals surface area contributed by atoms with Crippen molar-refractivity contribution in [3.8, 4) is 5.75 Å². The van der Waals surface area contributed by atoms with Crippen LogP contribution in [0.5, 0.6) is 5.75 Å². The Kier molecular flexibility index (Phi) is 6.99. The molecule has 0 bridgehead atoms. The van der Waals surface area contributed by atoms with E-state index in [1.807, 2.05) is 30.3 Å². The highest BCUT2D eigenvalue weighted by Crippen LogP contribution is 2.41. The first-order valence-electron chi connectivity index (χ1n) is 11.1. The van der Waals surface area contributed by atoms with Gasteiger partial charge in [0.05, 0.1) is 18.2 Å². The number of halogens is 1. The highest BCUT2D eigenvalue weighted by atomic mass is 35.5. The van der Waals surface area contributed by atoms with Crippen molar-refractivity contribution in [2.24, 2.45) is 0 Å². The van der Waals surface area contributed by atoms with Crippen LogP contribution in [-0.4, -0.2) is 18.9 Å². The Labute approximate surface area is 199 Å². The third-order valence-electron chi connectivity index (χ3n) is 6.26. The van der Waals surface area contributed by atoms with Crippen LogP contribution in [0.4, 0.5) is 11.4 Å². The number of anilines is 2. The van der Waals surface area contributed by atoms with Crippen LogP contribution in [0.15, 0.2) is 72.8 Å². The Bertz CT molecular complexity index is 1140. The normalized spacial score (nSPS) is 14.8. The van der Waals surface area contributed by atoms with E-state index >= 15 is 0 Å². The van der Waals surface area contributed by atoms with Crippen molar-refractivity contribution in [1.82, 2.24) is 0 Å². The number of methoxy groups -OCH3 is 1. The summed E-state index contributed by atoms with van der Waals surface area (Å²) in [7, 11) is 1.53. The van der Waals surface area contributed by atoms with Crippen LogP contribution >= 0.6 is 11.6 Å². The predicted octanol–water partition coefficient (Wildman–Crippen LogP) is 6.44. The lowest BCUT2D eigenvalue weighted by Gasteiger charge is -2.36. The monoisotopic (exact) mass is 462 g/mol. The van der Waals surface area contributed by atoms with Crippen molar-refractivity contribution in [3.63, 3.8) is 0 Å². The van der Waals surface area contributed by atoms with Gasteiger partial charge in [0.1, 0.15) is 5.75 Å². The highest BCUT2D eigenvalue weighted by molar-refractivity contribution is 6.31. The molecule has 0 radical (unpaired) electrons. The van der Waals surface area contributed by atoms with Gasteiger partial charge in [-0.2, -0.15) is 0 Å². The molecule has 0 saturated heterocycles. The van der Waals surface area contributed by atoms with E-state index in [-0.39, 0.29) is 11.8 Å². The van der Waals surface area contributed by atoms with E-state index in [2.05, 4.69) is 10.6 Å². The summed E-state index contributed by atoms with van der Waals surface area (Å²) in [5, 5.41) is 6.43. The van der Waals surface area contributed by atoms with Crippen molar-refractivity contribution < 1.29 is 14.3 Å². The van der Waals surface area contributed by atoms with Crippen LogP contribution in [0, 0.1) is 0 Å². The molecule has 2 amide bonds. The van der Waals surface area contributed by atoms with Crippen molar-refractivity contribution >= 4 is 34.8 Å².